The Bertz CT molecular complexity index is 850. The predicted octanol–water partition coefficient (Wildman–Crippen LogP) is 4.91. The number of hydrogen-bond donors (Lipinski definition) is 0. The third kappa shape index (κ3) is 3.49. The van der Waals surface area contributed by atoms with Crippen LogP contribution in [0.4, 0.5) is 0 Å². The van der Waals surface area contributed by atoms with Crippen molar-refractivity contribution in [3.8, 4) is 0 Å². The van der Waals surface area contributed by atoms with Crippen LogP contribution in [0.5, 0.6) is 0 Å². The maximum absolute atomic E-state index is 13.1. The number of thiophene rings is 1. The zero-order valence-electron chi connectivity index (χ0n) is 13.2. The number of thioether (sulfide) groups is 1. The first-order chi connectivity index (χ1) is 11.0. The lowest BCUT2D eigenvalue weighted by Gasteiger charge is -2.13. The van der Waals surface area contributed by atoms with Gasteiger partial charge in [0.05, 0.1) is 5.39 Å². The van der Waals surface area contributed by atoms with Gasteiger partial charge in [-0.2, -0.15) is 0 Å². The second-order valence-corrected chi connectivity index (χ2v) is 9.09. The average Bonchev–Trinajstić information content (AvgIpc) is 2.86. The summed E-state index contributed by atoms with van der Waals surface area (Å²) < 4.78 is 2.66. The van der Waals surface area contributed by atoms with Gasteiger partial charge in [0.15, 0.2) is 5.16 Å². The van der Waals surface area contributed by atoms with E-state index < -0.39 is 0 Å². The minimum absolute atomic E-state index is 0.0834. The van der Waals surface area contributed by atoms with Crippen LogP contribution >= 0.6 is 39.0 Å². The Morgan fingerprint density at radius 2 is 2.13 bits per heavy atom. The first-order valence-corrected chi connectivity index (χ1v) is 10.2. The van der Waals surface area contributed by atoms with E-state index in [9.17, 15) is 4.79 Å². The fourth-order valence-electron chi connectivity index (χ4n) is 2.88. The second kappa shape index (κ2) is 6.95. The molecule has 1 aliphatic carbocycles. The smallest absolute Gasteiger partial charge is 0.263 e. The predicted molar refractivity (Wildman–Crippen MR) is 104 cm³/mol. The Kier molecular flexibility index (Phi) is 5.13. The van der Waals surface area contributed by atoms with Crippen LogP contribution in [-0.2, 0) is 19.4 Å². The van der Waals surface area contributed by atoms with Crippen molar-refractivity contribution in [2.24, 2.45) is 0 Å². The fraction of sp³-hybridized carbons (Fsp3) is 0.412. The monoisotopic (exact) mass is 410 g/mol. The van der Waals surface area contributed by atoms with Crippen molar-refractivity contribution in [2.45, 2.75) is 44.3 Å². The summed E-state index contributed by atoms with van der Waals surface area (Å²) in [6.07, 6.45) is 4.46. The van der Waals surface area contributed by atoms with Crippen molar-refractivity contribution in [3.63, 3.8) is 0 Å². The van der Waals surface area contributed by atoms with E-state index in [1.165, 1.54) is 23.3 Å². The lowest BCUT2D eigenvalue weighted by atomic mass is 9.97. The molecular weight excluding hydrogens is 392 g/mol. The zero-order chi connectivity index (χ0) is 16.6. The van der Waals surface area contributed by atoms with E-state index in [4.69, 9.17) is 4.98 Å². The van der Waals surface area contributed by atoms with E-state index >= 15 is 0 Å². The number of aromatic nitrogens is 2. The summed E-state index contributed by atoms with van der Waals surface area (Å²) in [7, 11) is 0. The highest BCUT2D eigenvalue weighted by molar-refractivity contribution is 9.11. The molecule has 0 aromatic carbocycles. The standard InChI is InChI=1S/C17H19BrN2OS2/c1-10(2)8-20-16(21)14-12-6-4-5-7-13(12)23-15(14)19-17(20)22-9-11(3)18/h1,3-9H2,2H3. The second-order valence-electron chi connectivity index (χ2n) is 5.94. The van der Waals surface area contributed by atoms with Gasteiger partial charge in [-0.25, -0.2) is 4.98 Å². The lowest BCUT2D eigenvalue weighted by molar-refractivity contribution is 0.650. The highest BCUT2D eigenvalue weighted by Crippen LogP contribution is 2.35. The molecule has 2 heterocycles. The van der Waals surface area contributed by atoms with E-state index in [0.29, 0.717) is 12.3 Å². The number of allylic oxidation sites excluding steroid dienone is 1. The van der Waals surface area contributed by atoms with E-state index in [1.54, 1.807) is 27.7 Å². The number of fused-ring (bicyclic) bond motifs is 3. The van der Waals surface area contributed by atoms with Crippen LogP contribution in [0, 0.1) is 0 Å². The Morgan fingerprint density at radius 3 is 2.83 bits per heavy atom. The lowest BCUT2D eigenvalue weighted by Crippen LogP contribution is -2.24. The van der Waals surface area contributed by atoms with Crippen molar-refractivity contribution < 1.29 is 0 Å². The summed E-state index contributed by atoms with van der Waals surface area (Å²) in [4.78, 5) is 20.2. The van der Waals surface area contributed by atoms with Crippen LogP contribution in [0.1, 0.15) is 30.2 Å². The molecule has 1 aliphatic rings. The van der Waals surface area contributed by atoms with Gasteiger partial charge in [-0.1, -0.05) is 46.4 Å². The molecule has 2 aromatic rings. The van der Waals surface area contributed by atoms with Gasteiger partial charge >= 0.3 is 0 Å². The van der Waals surface area contributed by atoms with Crippen LogP contribution in [0.15, 0.2) is 33.2 Å². The summed E-state index contributed by atoms with van der Waals surface area (Å²) in [5.41, 5.74) is 2.28. The Balaban J connectivity index is 2.19. The molecule has 122 valence electrons. The van der Waals surface area contributed by atoms with Crippen LogP contribution in [0.2, 0.25) is 0 Å². The van der Waals surface area contributed by atoms with Gasteiger partial charge < -0.3 is 0 Å². The molecule has 2 aromatic heterocycles. The number of hydrogen-bond acceptors (Lipinski definition) is 4. The molecule has 0 atom stereocenters. The minimum atomic E-state index is 0.0834. The van der Waals surface area contributed by atoms with Crippen molar-refractivity contribution >= 4 is 49.2 Å². The molecule has 0 fully saturated rings. The number of aryl methyl sites for hydroxylation is 2. The molecule has 0 aliphatic heterocycles. The highest BCUT2D eigenvalue weighted by Gasteiger charge is 2.22. The number of rotatable bonds is 5. The van der Waals surface area contributed by atoms with Crippen LogP contribution < -0.4 is 5.56 Å². The molecule has 0 spiro atoms. The molecule has 0 amide bonds. The van der Waals surface area contributed by atoms with E-state index in [2.05, 4.69) is 29.1 Å². The summed E-state index contributed by atoms with van der Waals surface area (Å²) in [5.74, 6) is 0.694. The zero-order valence-corrected chi connectivity index (χ0v) is 16.4. The summed E-state index contributed by atoms with van der Waals surface area (Å²) in [5, 5.41) is 1.60. The van der Waals surface area contributed by atoms with Gasteiger partial charge in [-0.3, -0.25) is 9.36 Å². The Labute approximate surface area is 152 Å². The van der Waals surface area contributed by atoms with Crippen molar-refractivity contribution in [1.82, 2.24) is 9.55 Å². The third-order valence-corrected chi connectivity index (χ3v) is 6.73. The summed E-state index contributed by atoms with van der Waals surface area (Å²) in [6, 6.07) is 0. The number of nitrogens with zero attached hydrogens (tertiary/aromatic N) is 2. The van der Waals surface area contributed by atoms with Crippen LogP contribution in [0.25, 0.3) is 10.2 Å². The van der Waals surface area contributed by atoms with Gasteiger partial charge in [0.25, 0.3) is 5.56 Å². The molecule has 0 saturated carbocycles. The maximum Gasteiger partial charge on any atom is 0.263 e. The molecule has 23 heavy (non-hydrogen) atoms. The quantitative estimate of drug-likeness (QED) is 0.398. The molecule has 0 radical (unpaired) electrons. The van der Waals surface area contributed by atoms with Crippen molar-refractivity contribution in [3.05, 3.63) is 44.0 Å². The van der Waals surface area contributed by atoms with E-state index in [-0.39, 0.29) is 5.56 Å². The minimum Gasteiger partial charge on any atom is -0.283 e. The summed E-state index contributed by atoms with van der Waals surface area (Å²) in [6.45, 7) is 10.3. The Morgan fingerprint density at radius 1 is 1.39 bits per heavy atom. The molecule has 0 bridgehead atoms. The normalized spacial score (nSPS) is 14.0. The third-order valence-electron chi connectivity index (χ3n) is 3.83. The van der Waals surface area contributed by atoms with E-state index in [1.807, 2.05) is 6.92 Å². The largest absolute Gasteiger partial charge is 0.283 e. The van der Waals surface area contributed by atoms with Crippen molar-refractivity contribution in [1.29, 1.82) is 0 Å². The van der Waals surface area contributed by atoms with Crippen molar-refractivity contribution in [2.75, 3.05) is 5.75 Å². The molecular formula is C17H19BrN2OS2. The van der Waals surface area contributed by atoms with Gasteiger partial charge in [-0.05, 0) is 42.7 Å². The van der Waals surface area contributed by atoms with Gasteiger partial charge in [-0.15, -0.1) is 11.3 Å². The van der Waals surface area contributed by atoms with Gasteiger partial charge in [0.1, 0.15) is 4.83 Å². The fourth-order valence-corrected chi connectivity index (χ4v) is 5.28. The molecule has 6 heteroatoms. The average molecular weight is 411 g/mol. The Hall–Kier alpha value is -0.850. The highest BCUT2D eigenvalue weighted by atomic mass is 79.9. The molecule has 0 N–H and O–H groups in total. The van der Waals surface area contributed by atoms with Crippen LogP contribution in [-0.4, -0.2) is 15.3 Å². The first kappa shape index (κ1) is 17.0. The first-order valence-electron chi connectivity index (χ1n) is 7.63. The van der Waals surface area contributed by atoms with Gasteiger partial charge in [0, 0.05) is 17.2 Å². The maximum atomic E-state index is 13.1. The number of halogens is 1. The van der Waals surface area contributed by atoms with Gasteiger partial charge in [0.2, 0.25) is 0 Å². The molecule has 3 rings (SSSR count). The summed E-state index contributed by atoms with van der Waals surface area (Å²) >= 11 is 6.62. The molecule has 0 unspecified atom stereocenters. The molecule has 0 saturated heterocycles. The van der Waals surface area contributed by atoms with Crippen LogP contribution in [0.3, 0.4) is 0 Å². The molecule has 3 nitrogen and oxygen atoms in total. The topological polar surface area (TPSA) is 34.9 Å². The SMILES string of the molecule is C=C(C)Cn1c(SCC(=C)Br)nc2sc3c(c2c1=O)CCCC3. The van der Waals surface area contributed by atoms with E-state index in [0.717, 1.165) is 38.3 Å².